The summed E-state index contributed by atoms with van der Waals surface area (Å²) in [6.07, 6.45) is 1.03. The molecule has 2 aliphatic rings. The molecule has 1 saturated heterocycles. The van der Waals surface area contributed by atoms with Crippen molar-refractivity contribution >= 4 is 23.7 Å². The van der Waals surface area contributed by atoms with E-state index in [4.69, 9.17) is 18.9 Å². The normalized spacial score (nSPS) is 28.1. The number of fused-ring (bicyclic) bond motifs is 1. The lowest BCUT2D eigenvalue weighted by Crippen LogP contribution is -2.54. The summed E-state index contributed by atoms with van der Waals surface area (Å²) in [5.74, 6) is -2.33. The zero-order chi connectivity index (χ0) is 22.4. The van der Waals surface area contributed by atoms with Crippen molar-refractivity contribution in [3.63, 3.8) is 0 Å². The fraction of sp³-hybridized carbons (Fsp3) is 0.565. The van der Waals surface area contributed by atoms with E-state index in [1.165, 1.54) is 13.8 Å². The lowest BCUT2D eigenvalue weighted by molar-refractivity contribution is -0.294. The Balaban J connectivity index is 1.82. The Morgan fingerprint density at radius 2 is 1.77 bits per heavy atom. The van der Waals surface area contributed by atoms with Gasteiger partial charge < -0.3 is 18.9 Å². The third kappa shape index (κ3) is 5.70. The van der Waals surface area contributed by atoms with Gasteiger partial charge in [0.1, 0.15) is 5.78 Å². The zero-order valence-corrected chi connectivity index (χ0v) is 17.8. The van der Waals surface area contributed by atoms with Gasteiger partial charge in [-0.05, 0) is 36.8 Å². The van der Waals surface area contributed by atoms with Gasteiger partial charge in [0.15, 0.2) is 0 Å². The number of ketones is 1. The van der Waals surface area contributed by atoms with E-state index in [0.29, 0.717) is 31.2 Å². The Morgan fingerprint density at radius 1 is 1.06 bits per heavy atom. The molecule has 1 saturated carbocycles. The third-order valence-electron chi connectivity index (χ3n) is 5.91. The van der Waals surface area contributed by atoms with Crippen molar-refractivity contribution in [3.8, 4) is 0 Å². The van der Waals surface area contributed by atoms with E-state index < -0.39 is 41.8 Å². The van der Waals surface area contributed by atoms with Crippen LogP contribution in [0.2, 0.25) is 0 Å². The minimum absolute atomic E-state index is 0.0561. The monoisotopic (exact) mass is 432 g/mol. The molecule has 8 heteroatoms. The summed E-state index contributed by atoms with van der Waals surface area (Å²) in [6.45, 7) is 2.59. The van der Waals surface area contributed by atoms with Crippen LogP contribution in [0.1, 0.15) is 62.7 Å². The molecule has 0 spiro atoms. The highest BCUT2D eigenvalue weighted by Crippen LogP contribution is 2.51. The van der Waals surface area contributed by atoms with Gasteiger partial charge in [0.25, 0.3) is 0 Å². The molecular formula is C23H28O8. The molecule has 31 heavy (non-hydrogen) atoms. The molecular weight excluding hydrogens is 404 g/mol. The second kappa shape index (κ2) is 10.0. The van der Waals surface area contributed by atoms with Gasteiger partial charge >= 0.3 is 17.9 Å². The highest BCUT2D eigenvalue weighted by Gasteiger charge is 2.55. The van der Waals surface area contributed by atoms with Crippen LogP contribution in [-0.4, -0.2) is 42.9 Å². The van der Waals surface area contributed by atoms with Gasteiger partial charge in [-0.2, -0.15) is 0 Å². The molecule has 2 fully saturated rings. The molecule has 0 unspecified atom stereocenters. The molecule has 4 atom stereocenters. The maximum Gasteiger partial charge on any atom is 0.338 e. The van der Waals surface area contributed by atoms with E-state index >= 15 is 0 Å². The minimum Gasteiger partial charge on any atom is -0.462 e. The number of carbonyl (C=O) groups is 4. The first-order valence-corrected chi connectivity index (χ1v) is 10.6. The molecule has 0 radical (unpaired) electrons. The van der Waals surface area contributed by atoms with E-state index in [-0.39, 0.29) is 18.8 Å². The first-order chi connectivity index (χ1) is 14.8. The van der Waals surface area contributed by atoms with Crippen molar-refractivity contribution < 1.29 is 38.1 Å². The topological polar surface area (TPSA) is 105 Å². The SMILES string of the molecule is CC(=O)O[C@H]1C[C@]2(CCOC(=O)c3ccccc3)CCCCC(=O)[C@@H]2[C@H](OC(C)=O)O1. The molecule has 0 amide bonds. The van der Waals surface area contributed by atoms with Gasteiger partial charge in [-0.1, -0.05) is 24.6 Å². The van der Waals surface area contributed by atoms with Crippen LogP contribution in [-0.2, 0) is 33.3 Å². The smallest absolute Gasteiger partial charge is 0.338 e. The van der Waals surface area contributed by atoms with E-state index in [1.54, 1.807) is 24.3 Å². The number of benzene rings is 1. The number of esters is 3. The number of hydrogen-bond donors (Lipinski definition) is 0. The van der Waals surface area contributed by atoms with Crippen LogP contribution in [0.25, 0.3) is 0 Å². The Bertz CT molecular complexity index is 820. The third-order valence-corrected chi connectivity index (χ3v) is 5.91. The first-order valence-electron chi connectivity index (χ1n) is 10.6. The van der Waals surface area contributed by atoms with Gasteiger partial charge in [0.2, 0.25) is 12.6 Å². The maximum atomic E-state index is 13.0. The highest BCUT2D eigenvalue weighted by atomic mass is 16.8. The molecule has 1 heterocycles. The van der Waals surface area contributed by atoms with Gasteiger partial charge in [0, 0.05) is 26.7 Å². The van der Waals surface area contributed by atoms with Crippen molar-refractivity contribution in [2.45, 2.75) is 65.0 Å². The van der Waals surface area contributed by atoms with Gasteiger partial charge in [-0.3, -0.25) is 14.4 Å². The van der Waals surface area contributed by atoms with Crippen molar-refractivity contribution in [2.75, 3.05) is 6.61 Å². The van der Waals surface area contributed by atoms with E-state index in [9.17, 15) is 19.2 Å². The predicted octanol–water partition coefficient (Wildman–Crippen LogP) is 3.18. The Labute approximate surface area is 181 Å². The van der Waals surface area contributed by atoms with Gasteiger partial charge in [0.05, 0.1) is 18.1 Å². The lowest BCUT2D eigenvalue weighted by atomic mass is 9.65. The second-order valence-electron chi connectivity index (χ2n) is 8.12. The molecule has 0 aromatic heterocycles. The minimum atomic E-state index is -1.15. The fourth-order valence-electron chi connectivity index (χ4n) is 4.61. The van der Waals surface area contributed by atoms with Crippen molar-refractivity contribution in [1.82, 2.24) is 0 Å². The molecule has 1 aromatic carbocycles. The molecule has 0 bridgehead atoms. The van der Waals surface area contributed by atoms with Crippen LogP contribution in [0.3, 0.4) is 0 Å². The standard InChI is InChI=1S/C23H28O8/c1-15(24)29-19-14-23(12-13-28-21(27)17-8-4-3-5-9-17)11-7-6-10-18(26)20(23)22(31-19)30-16(2)25/h3-5,8-9,19-20,22H,6-7,10-14H2,1-2H3/t19-,20-,22-,23-/m1/s1. The predicted molar refractivity (Wildman–Crippen MR) is 108 cm³/mol. The van der Waals surface area contributed by atoms with Crippen LogP contribution in [0, 0.1) is 11.3 Å². The highest BCUT2D eigenvalue weighted by molar-refractivity contribution is 5.89. The molecule has 1 aromatic rings. The van der Waals surface area contributed by atoms with Crippen LogP contribution in [0.4, 0.5) is 0 Å². The zero-order valence-electron chi connectivity index (χ0n) is 17.8. The molecule has 1 aliphatic heterocycles. The van der Waals surface area contributed by atoms with Crippen LogP contribution >= 0.6 is 0 Å². The van der Waals surface area contributed by atoms with Gasteiger partial charge in [-0.25, -0.2) is 4.79 Å². The van der Waals surface area contributed by atoms with Crippen LogP contribution in [0.15, 0.2) is 30.3 Å². The first kappa shape index (κ1) is 22.9. The fourth-order valence-corrected chi connectivity index (χ4v) is 4.61. The Morgan fingerprint density at radius 3 is 2.45 bits per heavy atom. The quantitative estimate of drug-likeness (QED) is 0.499. The summed E-state index contributed by atoms with van der Waals surface area (Å²) >= 11 is 0. The molecule has 0 N–H and O–H groups in total. The largest absolute Gasteiger partial charge is 0.462 e. The number of ether oxygens (including phenoxy) is 4. The summed E-state index contributed by atoms with van der Waals surface area (Å²) in [7, 11) is 0. The Kier molecular flexibility index (Phi) is 7.43. The molecule has 1 aliphatic carbocycles. The summed E-state index contributed by atoms with van der Waals surface area (Å²) < 4.78 is 21.8. The van der Waals surface area contributed by atoms with Crippen molar-refractivity contribution in [3.05, 3.63) is 35.9 Å². The average Bonchev–Trinajstić information content (AvgIpc) is 2.86. The molecule has 3 rings (SSSR count). The van der Waals surface area contributed by atoms with Crippen molar-refractivity contribution in [1.29, 1.82) is 0 Å². The van der Waals surface area contributed by atoms with Crippen LogP contribution in [0.5, 0.6) is 0 Å². The Hall–Kier alpha value is -2.74. The lowest BCUT2D eigenvalue weighted by Gasteiger charge is -2.47. The second-order valence-corrected chi connectivity index (χ2v) is 8.12. The summed E-state index contributed by atoms with van der Waals surface area (Å²) in [5, 5.41) is 0. The van der Waals surface area contributed by atoms with E-state index in [1.807, 2.05) is 6.07 Å². The summed E-state index contributed by atoms with van der Waals surface area (Å²) in [5.41, 5.74) is -0.237. The number of Topliss-reactive ketones (excluding diaryl/α,β-unsaturated/α-hetero) is 1. The van der Waals surface area contributed by atoms with Gasteiger partial charge in [-0.15, -0.1) is 0 Å². The number of rotatable bonds is 6. The van der Waals surface area contributed by atoms with E-state index in [0.717, 1.165) is 6.42 Å². The summed E-state index contributed by atoms with van der Waals surface area (Å²) in [4.78, 5) is 48.6. The molecule has 8 nitrogen and oxygen atoms in total. The van der Waals surface area contributed by atoms with E-state index in [2.05, 4.69) is 0 Å². The van der Waals surface area contributed by atoms with Crippen LogP contribution < -0.4 is 0 Å². The van der Waals surface area contributed by atoms with Crippen molar-refractivity contribution in [2.24, 2.45) is 11.3 Å². The molecule has 168 valence electrons. The summed E-state index contributed by atoms with van der Waals surface area (Å²) in [6, 6.07) is 8.65. The maximum absolute atomic E-state index is 13.0. The number of hydrogen-bond acceptors (Lipinski definition) is 8. The average molecular weight is 432 g/mol. The number of carbonyl (C=O) groups excluding carboxylic acids is 4.